The van der Waals surface area contributed by atoms with Crippen molar-refractivity contribution in [3.8, 4) is 6.07 Å². The van der Waals surface area contributed by atoms with E-state index in [9.17, 15) is 5.26 Å². The van der Waals surface area contributed by atoms with Gasteiger partial charge in [-0.3, -0.25) is 0 Å². The second-order valence-corrected chi connectivity index (χ2v) is 4.84. The van der Waals surface area contributed by atoms with E-state index in [-0.39, 0.29) is 0 Å². The van der Waals surface area contributed by atoms with E-state index in [2.05, 4.69) is 21.5 Å². The van der Waals surface area contributed by atoms with Crippen LogP contribution in [0, 0.1) is 11.3 Å². The summed E-state index contributed by atoms with van der Waals surface area (Å²) in [6.07, 6.45) is 3.58. The predicted molar refractivity (Wildman–Crippen MR) is 79.2 cm³/mol. The molecule has 0 saturated carbocycles. The molecule has 6 heteroatoms. The van der Waals surface area contributed by atoms with Crippen LogP contribution in [0.2, 0.25) is 0 Å². The Labute approximate surface area is 120 Å². The van der Waals surface area contributed by atoms with Gasteiger partial charge >= 0.3 is 0 Å². The number of anilines is 2. The molecule has 0 radical (unpaired) electrons. The Hall–Kier alpha value is -2.52. The Bertz CT molecular complexity index is 788. The average Bonchev–Trinajstić information content (AvgIpc) is 2.96. The zero-order chi connectivity index (χ0) is 13.9. The lowest BCUT2D eigenvalue weighted by atomic mass is 10.3. The van der Waals surface area contributed by atoms with Gasteiger partial charge in [-0.1, -0.05) is 18.2 Å². The van der Waals surface area contributed by atoms with Crippen molar-refractivity contribution in [2.24, 2.45) is 0 Å². The van der Waals surface area contributed by atoms with Crippen LogP contribution in [0.3, 0.4) is 0 Å². The summed E-state index contributed by atoms with van der Waals surface area (Å²) in [7, 11) is 0. The number of benzene rings is 1. The Morgan fingerprint density at radius 2 is 2.05 bits per heavy atom. The lowest BCUT2D eigenvalue weighted by Crippen LogP contribution is -2.05. The average molecular weight is 281 g/mol. The first-order chi connectivity index (χ1) is 9.83. The molecule has 0 aliphatic heterocycles. The largest absolute Gasteiger partial charge is 0.339 e. The van der Waals surface area contributed by atoms with Crippen molar-refractivity contribution < 1.29 is 0 Å². The van der Waals surface area contributed by atoms with E-state index in [1.54, 1.807) is 10.7 Å². The molecule has 0 aliphatic rings. The molecule has 0 atom stereocenters. The fourth-order valence-corrected chi connectivity index (χ4v) is 2.47. The molecule has 1 aromatic carbocycles. The zero-order valence-corrected chi connectivity index (χ0v) is 11.6. The van der Waals surface area contributed by atoms with Crippen LogP contribution >= 0.6 is 11.8 Å². The number of fused-ring (bicyclic) bond motifs is 1. The Balaban J connectivity index is 2.21. The van der Waals surface area contributed by atoms with Gasteiger partial charge in [0.1, 0.15) is 16.7 Å². The maximum Gasteiger partial charge on any atom is 0.158 e. The summed E-state index contributed by atoms with van der Waals surface area (Å²) in [5.41, 5.74) is 2.11. The number of para-hydroxylation sites is 1. The summed E-state index contributed by atoms with van der Waals surface area (Å²) in [5.74, 6) is 0.637. The summed E-state index contributed by atoms with van der Waals surface area (Å²) in [6.45, 7) is 0. The van der Waals surface area contributed by atoms with Crippen LogP contribution < -0.4 is 5.32 Å². The van der Waals surface area contributed by atoms with Crippen molar-refractivity contribution in [2.45, 2.75) is 5.03 Å². The highest BCUT2D eigenvalue weighted by Crippen LogP contribution is 2.27. The normalized spacial score (nSPS) is 10.4. The second kappa shape index (κ2) is 5.23. The molecule has 0 aliphatic carbocycles. The number of hydrogen-bond acceptors (Lipinski definition) is 5. The van der Waals surface area contributed by atoms with Gasteiger partial charge in [-0.15, -0.1) is 11.8 Å². The smallest absolute Gasteiger partial charge is 0.158 e. The van der Waals surface area contributed by atoms with Crippen molar-refractivity contribution >= 4 is 28.9 Å². The molecule has 1 N–H and O–H groups in total. The third kappa shape index (κ3) is 2.08. The summed E-state index contributed by atoms with van der Waals surface area (Å²) < 4.78 is 1.64. The molecule has 98 valence electrons. The standard InChI is InChI=1S/C14H11N5S/c1-20-14-11(9-15)13(17-10-5-3-2-4-6-10)19-12(18-14)7-8-16-19/h2-8,17H,1H3. The fourth-order valence-electron chi connectivity index (χ4n) is 1.94. The van der Waals surface area contributed by atoms with Gasteiger partial charge in [0.2, 0.25) is 0 Å². The molecule has 5 nitrogen and oxygen atoms in total. The predicted octanol–water partition coefficient (Wildman–Crippen LogP) is 3.07. The first-order valence-corrected chi connectivity index (χ1v) is 7.20. The molecule has 0 spiro atoms. The summed E-state index contributed by atoms with van der Waals surface area (Å²) >= 11 is 1.45. The SMILES string of the molecule is CSc1nc2ccnn2c(Nc2ccccc2)c1C#N. The Kier molecular flexibility index (Phi) is 3.27. The number of thioether (sulfide) groups is 1. The zero-order valence-electron chi connectivity index (χ0n) is 10.7. The van der Waals surface area contributed by atoms with E-state index in [0.29, 0.717) is 22.1 Å². The highest BCUT2D eigenvalue weighted by atomic mass is 32.2. The van der Waals surface area contributed by atoms with Gasteiger partial charge in [0.15, 0.2) is 11.5 Å². The Morgan fingerprint density at radius 3 is 2.75 bits per heavy atom. The van der Waals surface area contributed by atoms with E-state index in [1.165, 1.54) is 11.8 Å². The van der Waals surface area contributed by atoms with E-state index >= 15 is 0 Å². The molecule has 3 rings (SSSR count). The van der Waals surface area contributed by atoms with Crippen LogP contribution in [0.1, 0.15) is 5.56 Å². The minimum atomic E-state index is 0.498. The quantitative estimate of drug-likeness (QED) is 0.590. The molecule has 0 amide bonds. The summed E-state index contributed by atoms with van der Waals surface area (Å²) in [6, 6.07) is 13.7. The van der Waals surface area contributed by atoms with Gasteiger partial charge in [0.05, 0.1) is 6.20 Å². The number of nitriles is 1. The van der Waals surface area contributed by atoms with E-state index in [4.69, 9.17) is 0 Å². The molecule has 3 aromatic rings. The molecule has 0 fully saturated rings. The number of nitrogens with one attached hydrogen (secondary N) is 1. The topological polar surface area (TPSA) is 66.0 Å². The van der Waals surface area contributed by atoms with Crippen molar-refractivity contribution in [2.75, 3.05) is 11.6 Å². The molecule has 2 heterocycles. The summed E-state index contributed by atoms with van der Waals surface area (Å²) in [5, 5.41) is 17.6. The molecular weight excluding hydrogens is 270 g/mol. The van der Waals surface area contributed by atoms with Crippen LogP contribution in [0.15, 0.2) is 47.6 Å². The van der Waals surface area contributed by atoms with Crippen molar-refractivity contribution in [1.82, 2.24) is 14.6 Å². The third-order valence-corrected chi connectivity index (χ3v) is 3.53. The second-order valence-electron chi connectivity index (χ2n) is 4.05. The van der Waals surface area contributed by atoms with Gasteiger partial charge in [-0.2, -0.15) is 14.9 Å². The van der Waals surface area contributed by atoms with Gasteiger partial charge in [0, 0.05) is 11.8 Å². The Morgan fingerprint density at radius 1 is 1.25 bits per heavy atom. The maximum absolute atomic E-state index is 9.42. The minimum Gasteiger partial charge on any atom is -0.339 e. The highest BCUT2D eigenvalue weighted by molar-refractivity contribution is 7.98. The van der Waals surface area contributed by atoms with E-state index in [1.807, 2.05) is 42.7 Å². The number of aromatic nitrogens is 3. The maximum atomic E-state index is 9.42. The number of rotatable bonds is 3. The van der Waals surface area contributed by atoms with Crippen LogP contribution in [-0.4, -0.2) is 20.9 Å². The van der Waals surface area contributed by atoms with Crippen LogP contribution in [0.4, 0.5) is 11.5 Å². The lowest BCUT2D eigenvalue weighted by molar-refractivity contribution is 0.917. The highest BCUT2D eigenvalue weighted by Gasteiger charge is 2.15. The fraction of sp³-hybridized carbons (Fsp3) is 0.0714. The molecule has 0 unspecified atom stereocenters. The van der Waals surface area contributed by atoms with Crippen molar-refractivity contribution in [3.05, 3.63) is 48.2 Å². The van der Waals surface area contributed by atoms with Gasteiger partial charge in [-0.05, 0) is 18.4 Å². The number of hydrogen-bond donors (Lipinski definition) is 1. The third-order valence-electron chi connectivity index (χ3n) is 2.84. The van der Waals surface area contributed by atoms with E-state index < -0.39 is 0 Å². The molecule has 0 bridgehead atoms. The minimum absolute atomic E-state index is 0.498. The van der Waals surface area contributed by atoms with Gasteiger partial charge in [-0.25, -0.2) is 4.98 Å². The van der Waals surface area contributed by atoms with Gasteiger partial charge in [0.25, 0.3) is 0 Å². The molecular formula is C14H11N5S. The van der Waals surface area contributed by atoms with Gasteiger partial charge < -0.3 is 5.32 Å². The lowest BCUT2D eigenvalue weighted by Gasteiger charge is -2.12. The van der Waals surface area contributed by atoms with E-state index in [0.717, 1.165) is 5.69 Å². The first-order valence-electron chi connectivity index (χ1n) is 5.97. The van der Waals surface area contributed by atoms with Crippen LogP contribution in [0.25, 0.3) is 5.65 Å². The molecule has 0 saturated heterocycles. The molecule has 20 heavy (non-hydrogen) atoms. The van der Waals surface area contributed by atoms with Crippen LogP contribution in [-0.2, 0) is 0 Å². The number of nitrogens with zero attached hydrogens (tertiary/aromatic N) is 4. The molecule has 2 aromatic heterocycles. The summed E-state index contributed by atoms with van der Waals surface area (Å²) in [4.78, 5) is 4.43. The van der Waals surface area contributed by atoms with Crippen LogP contribution in [0.5, 0.6) is 0 Å². The van der Waals surface area contributed by atoms with Crippen molar-refractivity contribution in [1.29, 1.82) is 5.26 Å². The van der Waals surface area contributed by atoms with Crippen molar-refractivity contribution in [3.63, 3.8) is 0 Å². The monoisotopic (exact) mass is 281 g/mol. The first kappa shape index (κ1) is 12.5.